The van der Waals surface area contributed by atoms with Crippen LogP contribution >= 0.6 is 0 Å². The van der Waals surface area contributed by atoms with E-state index in [4.69, 9.17) is 9.51 Å². The minimum absolute atomic E-state index is 0.190. The van der Waals surface area contributed by atoms with Crippen molar-refractivity contribution >= 4 is 22.7 Å². The molecule has 1 fully saturated rings. The molecule has 2 aromatic heterocycles. The van der Waals surface area contributed by atoms with Gasteiger partial charge in [-0.3, -0.25) is 0 Å². The fraction of sp³-hybridized carbons (Fsp3) is 0.385. The van der Waals surface area contributed by atoms with Gasteiger partial charge in [0.15, 0.2) is 0 Å². The number of rotatable bonds is 5. The van der Waals surface area contributed by atoms with Crippen molar-refractivity contribution < 1.29 is 22.4 Å². The summed E-state index contributed by atoms with van der Waals surface area (Å²) in [5, 5.41) is 7.12. The van der Waals surface area contributed by atoms with Crippen molar-refractivity contribution in [2.75, 3.05) is 5.32 Å². The molecule has 35 heavy (non-hydrogen) atoms. The lowest BCUT2D eigenvalue weighted by Gasteiger charge is -2.40. The first-order valence-electron chi connectivity index (χ1n) is 11.6. The van der Waals surface area contributed by atoms with E-state index in [1.54, 1.807) is 24.6 Å². The van der Waals surface area contributed by atoms with Gasteiger partial charge in [-0.15, -0.1) is 13.2 Å². The molecule has 1 N–H and O–H groups in total. The molecule has 1 aliphatic rings. The summed E-state index contributed by atoms with van der Waals surface area (Å²) in [6.45, 7) is 6.88. The molecule has 1 saturated carbocycles. The molecular formula is C26H27F3N4O2. The van der Waals surface area contributed by atoms with Crippen molar-refractivity contribution in [1.29, 1.82) is 0 Å². The van der Waals surface area contributed by atoms with Crippen LogP contribution in [0.2, 0.25) is 0 Å². The normalized spacial score (nSPS) is 20.2. The van der Waals surface area contributed by atoms with Gasteiger partial charge < -0.3 is 19.1 Å². The third kappa shape index (κ3) is 5.13. The number of aromatic nitrogens is 3. The lowest BCUT2D eigenvalue weighted by molar-refractivity contribution is -0.274. The molecule has 0 radical (unpaired) electrons. The minimum atomic E-state index is -4.73. The highest BCUT2D eigenvalue weighted by Gasteiger charge is 2.35. The first-order chi connectivity index (χ1) is 16.6. The van der Waals surface area contributed by atoms with Gasteiger partial charge in [0.25, 0.3) is 0 Å². The van der Waals surface area contributed by atoms with Gasteiger partial charge in [0, 0.05) is 17.3 Å². The number of nitrogens with zero attached hydrogens (tertiary/aromatic N) is 3. The lowest BCUT2D eigenvalue weighted by Crippen LogP contribution is -2.29. The van der Waals surface area contributed by atoms with Crippen molar-refractivity contribution in [3.63, 3.8) is 0 Å². The number of fused-ring (bicyclic) bond motifs is 1. The molecule has 2 heterocycles. The van der Waals surface area contributed by atoms with Crippen molar-refractivity contribution in [2.24, 2.45) is 11.3 Å². The number of hydrogen-bond donors (Lipinski definition) is 1. The molecule has 0 saturated heterocycles. The Kier molecular flexibility index (Phi) is 5.73. The maximum Gasteiger partial charge on any atom is 0.573 e. The van der Waals surface area contributed by atoms with E-state index in [0.717, 1.165) is 41.4 Å². The number of benzene rings is 2. The fourth-order valence-electron chi connectivity index (χ4n) is 5.44. The molecule has 2 atom stereocenters. The molecule has 0 amide bonds. The average Bonchev–Trinajstić information content (AvgIpc) is 3.40. The summed E-state index contributed by atoms with van der Waals surface area (Å²) in [5.41, 5.74) is 4.44. The van der Waals surface area contributed by atoms with E-state index in [1.807, 2.05) is 12.1 Å². The quantitative estimate of drug-likeness (QED) is 0.314. The predicted octanol–water partition coefficient (Wildman–Crippen LogP) is 7.72. The smallest absolute Gasteiger partial charge is 0.406 e. The van der Waals surface area contributed by atoms with Gasteiger partial charge in [0.05, 0.1) is 17.2 Å². The van der Waals surface area contributed by atoms with E-state index < -0.39 is 6.36 Å². The van der Waals surface area contributed by atoms with Crippen LogP contribution in [-0.4, -0.2) is 21.1 Å². The summed E-state index contributed by atoms with van der Waals surface area (Å²) >= 11 is 0. The zero-order valence-electron chi connectivity index (χ0n) is 19.8. The summed E-state index contributed by atoms with van der Waals surface area (Å²) in [5.74, 6) is 0.948. The summed E-state index contributed by atoms with van der Waals surface area (Å²) < 4.78 is 48.8. The van der Waals surface area contributed by atoms with E-state index in [0.29, 0.717) is 17.6 Å². The summed E-state index contributed by atoms with van der Waals surface area (Å²) in [7, 11) is 0. The van der Waals surface area contributed by atoms with Gasteiger partial charge in [-0.2, -0.15) is 0 Å². The summed E-state index contributed by atoms with van der Waals surface area (Å²) in [6.07, 6.45) is 1.71. The predicted molar refractivity (Wildman–Crippen MR) is 127 cm³/mol. The highest BCUT2D eigenvalue weighted by Crippen LogP contribution is 2.46. The second kappa shape index (κ2) is 8.62. The molecule has 6 nitrogen and oxygen atoms in total. The molecule has 2 unspecified atom stereocenters. The number of halogens is 3. The Balaban J connectivity index is 1.54. The van der Waals surface area contributed by atoms with Crippen molar-refractivity contribution in [1.82, 2.24) is 14.7 Å². The molecule has 0 aliphatic heterocycles. The second-order valence-corrected chi connectivity index (χ2v) is 10.2. The maximum atomic E-state index is 12.5. The lowest BCUT2D eigenvalue weighted by atomic mass is 9.70. The van der Waals surface area contributed by atoms with Gasteiger partial charge in [-0.05, 0) is 72.6 Å². The van der Waals surface area contributed by atoms with Crippen molar-refractivity contribution in [3.8, 4) is 16.9 Å². The molecule has 0 spiro atoms. The number of alkyl halides is 3. The van der Waals surface area contributed by atoms with E-state index in [2.05, 4.69) is 46.6 Å². The Morgan fingerprint density at radius 1 is 1.09 bits per heavy atom. The molecule has 184 valence electrons. The Morgan fingerprint density at radius 2 is 1.86 bits per heavy atom. The van der Waals surface area contributed by atoms with Crippen LogP contribution in [0.1, 0.15) is 46.1 Å². The average molecular weight is 485 g/mol. The Hall–Kier alpha value is -3.49. The zero-order valence-corrected chi connectivity index (χ0v) is 19.8. The molecule has 1 aliphatic carbocycles. The molecule has 0 bridgehead atoms. The van der Waals surface area contributed by atoms with Gasteiger partial charge in [0.1, 0.15) is 12.0 Å². The Labute approximate surface area is 201 Å². The van der Waals surface area contributed by atoms with E-state index in [9.17, 15) is 13.2 Å². The van der Waals surface area contributed by atoms with Crippen LogP contribution in [-0.2, 0) is 0 Å². The zero-order chi connectivity index (χ0) is 24.8. The Bertz CT molecular complexity index is 1310. The number of hydrogen-bond acceptors (Lipinski definition) is 5. The molecule has 5 rings (SSSR count). The number of anilines is 2. The summed E-state index contributed by atoms with van der Waals surface area (Å²) in [4.78, 5) is 4.90. The van der Waals surface area contributed by atoms with Crippen molar-refractivity contribution in [3.05, 3.63) is 54.9 Å². The van der Waals surface area contributed by atoms with E-state index in [1.165, 1.54) is 12.1 Å². The monoisotopic (exact) mass is 484 g/mol. The highest BCUT2D eigenvalue weighted by molar-refractivity contribution is 5.85. The van der Waals surface area contributed by atoms with E-state index >= 15 is 0 Å². The molecule has 9 heteroatoms. The van der Waals surface area contributed by atoms with Crippen LogP contribution in [0.4, 0.5) is 24.8 Å². The summed E-state index contributed by atoms with van der Waals surface area (Å²) in [6, 6.07) is 12.0. The molecule has 2 aromatic carbocycles. The SMILES string of the molecule is CC1CC(n2c(Nc3ccc(OC(F)(F)F)cc3)nc3cc(-c4cnoc4)ccc32)CC(C)(C)C1. The third-order valence-corrected chi connectivity index (χ3v) is 6.53. The molecule has 4 aromatic rings. The topological polar surface area (TPSA) is 65.1 Å². The van der Waals surface area contributed by atoms with Crippen LogP contribution in [0.25, 0.3) is 22.2 Å². The molecular weight excluding hydrogens is 457 g/mol. The largest absolute Gasteiger partial charge is 0.573 e. The third-order valence-electron chi connectivity index (χ3n) is 6.53. The second-order valence-electron chi connectivity index (χ2n) is 10.2. The maximum absolute atomic E-state index is 12.5. The van der Waals surface area contributed by atoms with E-state index in [-0.39, 0.29) is 17.2 Å². The van der Waals surface area contributed by atoms with Crippen molar-refractivity contribution in [2.45, 2.75) is 52.4 Å². The fourth-order valence-corrected chi connectivity index (χ4v) is 5.44. The van der Waals surface area contributed by atoms with Gasteiger partial charge in [0.2, 0.25) is 5.95 Å². The first kappa shape index (κ1) is 23.3. The van der Waals surface area contributed by atoms with Gasteiger partial charge >= 0.3 is 6.36 Å². The van der Waals surface area contributed by atoms with Gasteiger partial charge in [-0.1, -0.05) is 32.0 Å². The number of ether oxygens (including phenoxy) is 1. The highest BCUT2D eigenvalue weighted by atomic mass is 19.4. The minimum Gasteiger partial charge on any atom is -0.406 e. The van der Waals surface area contributed by atoms with Gasteiger partial charge in [-0.25, -0.2) is 4.98 Å². The number of nitrogens with one attached hydrogen (secondary N) is 1. The first-order valence-corrected chi connectivity index (χ1v) is 11.6. The van der Waals surface area contributed by atoms with Crippen LogP contribution in [0.5, 0.6) is 5.75 Å². The Morgan fingerprint density at radius 3 is 2.51 bits per heavy atom. The van der Waals surface area contributed by atoms with Crippen LogP contribution in [0, 0.1) is 11.3 Å². The number of imidazole rings is 1. The van der Waals surface area contributed by atoms with Crippen LogP contribution in [0.3, 0.4) is 0 Å². The van der Waals surface area contributed by atoms with Crippen LogP contribution in [0.15, 0.2) is 59.4 Å². The standard InChI is InChI=1S/C26H27F3N4O2/c1-16-10-20(13-25(2,3)12-16)33-23-9-4-17(18-14-30-34-15-18)11-22(23)32-24(33)31-19-5-7-21(8-6-19)35-26(27,28)29/h4-9,11,14-16,20H,10,12-13H2,1-3H3,(H,31,32). The van der Waals surface area contributed by atoms with Crippen LogP contribution < -0.4 is 10.1 Å².